The fourth-order valence-electron chi connectivity index (χ4n) is 7.40. The highest BCUT2D eigenvalue weighted by Crippen LogP contribution is 2.43. The lowest BCUT2D eigenvalue weighted by atomic mass is 9.77. The van der Waals surface area contributed by atoms with Crippen LogP contribution in [0.1, 0.15) is 71.5 Å². The van der Waals surface area contributed by atoms with E-state index in [-0.39, 0.29) is 6.61 Å². The van der Waals surface area contributed by atoms with Gasteiger partial charge in [-0.25, -0.2) is 14.5 Å². The Balaban J connectivity index is 1.21. The fraction of sp³-hybridized carbons (Fsp3) is 0.239. The first-order valence-electron chi connectivity index (χ1n) is 18.9. The van der Waals surface area contributed by atoms with Gasteiger partial charge in [-0.15, -0.1) is 5.10 Å². The SMILES string of the molecule is CCn1c(CSC)nc(C(=O)OCc2ccc(-c3ccccc3-c3nnnn3C(c3ccccc3)(c3ccccc3)c3ccccc3)cc2)c1CCC(C)(C)O. The minimum atomic E-state index is -0.888. The number of rotatable bonds is 15. The normalized spacial score (nSPS) is 11.8. The van der Waals surface area contributed by atoms with Crippen molar-refractivity contribution in [1.82, 2.24) is 29.8 Å². The zero-order chi connectivity index (χ0) is 39.1. The van der Waals surface area contributed by atoms with Crippen molar-refractivity contribution in [3.05, 3.63) is 179 Å². The van der Waals surface area contributed by atoms with E-state index >= 15 is 0 Å². The third-order valence-electron chi connectivity index (χ3n) is 10.1. The standard InChI is InChI=1S/C46H46N6O3S/c1-5-51-40(29-30-45(2,3)54)42(47-41(51)32-56-4)44(53)55-31-33-25-27-34(28-26-33)38-23-15-16-24-39(38)43-48-49-50-52(43)46(35-17-9-6-10-18-35,36-19-11-7-12-20-36)37-21-13-8-14-22-37/h6-28,54H,5,29-32H2,1-4H3. The van der Waals surface area contributed by atoms with Crippen LogP contribution in [0.15, 0.2) is 140 Å². The number of aliphatic hydroxyl groups is 1. The molecular formula is C46H46N6O3S. The van der Waals surface area contributed by atoms with Crippen molar-refractivity contribution >= 4 is 17.7 Å². The quantitative estimate of drug-likeness (QED) is 0.0815. The van der Waals surface area contributed by atoms with E-state index in [0.29, 0.717) is 36.7 Å². The molecule has 0 aliphatic rings. The summed E-state index contributed by atoms with van der Waals surface area (Å²) in [7, 11) is 0. The largest absolute Gasteiger partial charge is 0.456 e. The van der Waals surface area contributed by atoms with Gasteiger partial charge in [-0.3, -0.25) is 0 Å². The molecule has 0 radical (unpaired) electrons. The Morgan fingerprint density at radius 2 is 1.32 bits per heavy atom. The minimum absolute atomic E-state index is 0.0918. The third-order valence-corrected chi connectivity index (χ3v) is 10.6. The molecule has 5 aromatic carbocycles. The molecule has 1 N–H and O–H groups in total. The second-order valence-electron chi connectivity index (χ2n) is 14.4. The van der Waals surface area contributed by atoms with Crippen LogP contribution in [-0.4, -0.2) is 52.7 Å². The molecule has 7 rings (SSSR count). The van der Waals surface area contributed by atoms with Crippen LogP contribution in [0.5, 0.6) is 0 Å². The van der Waals surface area contributed by atoms with E-state index in [1.165, 1.54) is 0 Å². The summed E-state index contributed by atoms with van der Waals surface area (Å²) in [5.74, 6) is 1.66. The van der Waals surface area contributed by atoms with E-state index in [1.807, 2.05) is 109 Å². The number of ether oxygens (including phenoxy) is 1. The smallest absolute Gasteiger partial charge is 0.359 e. The number of hydrogen-bond donors (Lipinski definition) is 1. The number of carbonyl (C=O) groups is 1. The number of nitrogens with zero attached hydrogens (tertiary/aromatic N) is 6. The van der Waals surface area contributed by atoms with Crippen LogP contribution in [0.4, 0.5) is 0 Å². The van der Waals surface area contributed by atoms with Gasteiger partial charge in [-0.2, -0.15) is 11.8 Å². The lowest BCUT2D eigenvalue weighted by Crippen LogP contribution is -2.39. The first-order valence-corrected chi connectivity index (χ1v) is 20.2. The highest BCUT2D eigenvalue weighted by Gasteiger charge is 2.42. The van der Waals surface area contributed by atoms with E-state index < -0.39 is 17.1 Å². The molecule has 0 aliphatic carbocycles. The van der Waals surface area contributed by atoms with Crippen molar-refractivity contribution < 1.29 is 14.6 Å². The highest BCUT2D eigenvalue weighted by molar-refractivity contribution is 7.97. The molecule has 0 saturated heterocycles. The summed E-state index contributed by atoms with van der Waals surface area (Å²) in [4.78, 5) is 18.3. The maximum atomic E-state index is 13.5. The van der Waals surface area contributed by atoms with Crippen molar-refractivity contribution in [3.8, 4) is 22.5 Å². The number of benzene rings is 5. The number of esters is 1. The predicted molar refractivity (Wildman–Crippen MR) is 222 cm³/mol. The molecule has 0 amide bonds. The van der Waals surface area contributed by atoms with Crippen LogP contribution < -0.4 is 0 Å². The van der Waals surface area contributed by atoms with E-state index in [0.717, 1.165) is 50.5 Å². The molecule has 0 bridgehead atoms. The molecule has 2 aromatic heterocycles. The summed E-state index contributed by atoms with van der Waals surface area (Å²) in [5, 5.41) is 24.2. The first kappa shape index (κ1) is 38.4. The Labute approximate surface area is 332 Å². The summed E-state index contributed by atoms with van der Waals surface area (Å²) in [6.07, 6.45) is 3.03. The van der Waals surface area contributed by atoms with Crippen molar-refractivity contribution in [2.75, 3.05) is 6.26 Å². The molecule has 0 unspecified atom stereocenters. The van der Waals surface area contributed by atoms with Gasteiger partial charge in [0.05, 0.1) is 17.0 Å². The molecule has 0 spiro atoms. The van der Waals surface area contributed by atoms with Crippen molar-refractivity contribution in [1.29, 1.82) is 0 Å². The molecule has 0 aliphatic heterocycles. The fourth-order valence-corrected chi connectivity index (χ4v) is 7.88. The average molecular weight is 763 g/mol. The molecule has 0 atom stereocenters. The number of carbonyl (C=O) groups excluding carboxylic acids is 1. The van der Waals surface area contributed by atoms with Crippen LogP contribution in [0, 0.1) is 0 Å². The van der Waals surface area contributed by atoms with Crippen molar-refractivity contribution in [2.45, 2.75) is 63.7 Å². The summed E-state index contributed by atoms with van der Waals surface area (Å²) in [6, 6.07) is 47.2. The van der Waals surface area contributed by atoms with Crippen molar-refractivity contribution in [3.63, 3.8) is 0 Å². The van der Waals surface area contributed by atoms with Gasteiger partial charge in [-0.1, -0.05) is 140 Å². The number of hydrogen-bond acceptors (Lipinski definition) is 8. The molecule has 284 valence electrons. The van der Waals surface area contributed by atoms with Crippen LogP contribution in [0.3, 0.4) is 0 Å². The maximum Gasteiger partial charge on any atom is 0.359 e. The topological polar surface area (TPSA) is 108 Å². The van der Waals surface area contributed by atoms with Gasteiger partial charge < -0.3 is 14.4 Å². The predicted octanol–water partition coefficient (Wildman–Crippen LogP) is 8.99. The van der Waals surface area contributed by atoms with Gasteiger partial charge in [0.15, 0.2) is 11.5 Å². The van der Waals surface area contributed by atoms with E-state index in [2.05, 4.69) is 58.3 Å². The molecule has 7 aromatic rings. The van der Waals surface area contributed by atoms with Crippen LogP contribution in [0.25, 0.3) is 22.5 Å². The Kier molecular flexibility index (Phi) is 11.6. The molecule has 10 heteroatoms. The zero-order valence-electron chi connectivity index (χ0n) is 32.2. The van der Waals surface area contributed by atoms with Gasteiger partial charge in [0, 0.05) is 12.1 Å². The minimum Gasteiger partial charge on any atom is -0.456 e. The van der Waals surface area contributed by atoms with Crippen LogP contribution in [-0.2, 0) is 35.6 Å². The number of aromatic nitrogens is 6. The zero-order valence-corrected chi connectivity index (χ0v) is 33.0. The second kappa shape index (κ2) is 16.9. The number of imidazole rings is 1. The summed E-state index contributed by atoms with van der Waals surface area (Å²) < 4.78 is 9.89. The van der Waals surface area contributed by atoms with Gasteiger partial charge in [0.1, 0.15) is 18.0 Å². The highest BCUT2D eigenvalue weighted by atomic mass is 32.2. The van der Waals surface area contributed by atoms with Gasteiger partial charge in [0.25, 0.3) is 0 Å². The molecule has 0 fully saturated rings. The van der Waals surface area contributed by atoms with Crippen LogP contribution in [0.2, 0.25) is 0 Å². The van der Waals surface area contributed by atoms with Gasteiger partial charge in [0.2, 0.25) is 0 Å². The maximum absolute atomic E-state index is 13.5. The summed E-state index contributed by atoms with van der Waals surface area (Å²) >= 11 is 1.65. The molecule has 9 nitrogen and oxygen atoms in total. The Morgan fingerprint density at radius 1 is 0.768 bits per heavy atom. The van der Waals surface area contributed by atoms with Gasteiger partial charge in [-0.05, 0) is 83.7 Å². The molecule has 2 heterocycles. The summed E-state index contributed by atoms with van der Waals surface area (Å²) in [6.45, 7) is 6.36. The number of tetrazole rings is 1. The molecule has 56 heavy (non-hydrogen) atoms. The lowest BCUT2D eigenvalue weighted by Gasteiger charge is -2.36. The molecular weight excluding hydrogens is 717 g/mol. The van der Waals surface area contributed by atoms with E-state index in [1.54, 1.807) is 25.6 Å². The van der Waals surface area contributed by atoms with E-state index in [4.69, 9.17) is 20.0 Å². The lowest BCUT2D eigenvalue weighted by molar-refractivity contribution is 0.0460. The van der Waals surface area contributed by atoms with Crippen molar-refractivity contribution in [2.24, 2.45) is 0 Å². The number of thioether (sulfide) groups is 1. The first-order chi connectivity index (χ1) is 27.2. The van der Waals surface area contributed by atoms with Crippen LogP contribution >= 0.6 is 11.8 Å². The molecule has 0 saturated carbocycles. The monoisotopic (exact) mass is 762 g/mol. The summed E-state index contributed by atoms with van der Waals surface area (Å²) in [5.41, 5.74) is 6.06. The average Bonchev–Trinajstić information content (AvgIpc) is 3.86. The third kappa shape index (κ3) is 7.80. The van der Waals surface area contributed by atoms with E-state index in [9.17, 15) is 9.90 Å². The van der Waals surface area contributed by atoms with Gasteiger partial charge >= 0.3 is 5.97 Å². The Morgan fingerprint density at radius 3 is 1.86 bits per heavy atom. The Bertz CT molecular complexity index is 2270. The second-order valence-corrected chi connectivity index (χ2v) is 15.2. The Hall–Kier alpha value is -5.84.